The van der Waals surface area contributed by atoms with Crippen LogP contribution in [-0.4, -0.2) is 37.3 Å². The van der Waals surface area contributed by atoms with Crippen molar-refractivity contribution in [1.82, 2.24) is 0 Å². The molecular formula is C13H16BrNO2S2. The van der Waals surface area contributed by atoms with Crippen molar-refractivity contribution in [2.24, 2.45) is 0 Å². The summed E-state index contributed by atoms with van der Waals surface area (Å²) in [6.07, 6.45) is 0. The predicted octanol–water partition coefficient (Wildman–Crippen LogP) is 3.70. The maximum atomic E-state index is 5.38. The van der Waals surface area contributed by atoms with E-state index in [2.05, 4.69) is 26.9 Å². The molecule has 6 heteroatoms. The Labute approximate surface area is 131 Å². The standard InChI is InChI=1S/C13H16BrNO2S2/c1-2-17-13(18)19-11-5-3-4-10(12(11)14)15-6-8-16-9-7-15/h3-5H,2,6-9H2,1H3. The Morgan fingerprint density at radius 3 is 2.89 bits per heavy atom. The minimum absolute atomic E-state index is 0.558. The number of rotatable bonds is 3. The molecule has 0 spiro atoms. The quantitative estimate of drug-likeness (QED) is 0.602. The molecular weight excluding hydrogens is 346 g/mol. The van der Waals surface area contributed by atoms with E-state index in [-0.39, 0.29) is 0 Å². The van der Waals surface area contributed by atoms with Crippen LogP contribution >= 0.6 is 39.9 Å². The smallest absolute Gasteiger partial charge is 0.224 e. The summed E-state index contributed by atoms with van der Waals surface area (Å²) in [5.74, 6) is 0. The number of morpholine rings is 1. The Morgan fingerprint density at radius 2 is 2.21 bits per heavy atom. The molecule has 104 valence electrons. The molecule has 3 nitrogen and oxygen atoms in total. The molecule has 19 heavy (non-hydrogen) atoms. The number of hydrogen-bond donors (Lipinski definition) is 0. The Bertz CT molecular complexity index is 450. The summed E-state index contributed by atoms with van der Waals surface area (Å²) in [6, 6.07) is 6.21. The molecule has 0 aliphatic carbocycles. The lowest BCUT2D eigenvalue weighted by Gasteiger charge is -2.30. The highest BCUT2D eigenvalue weighted by atomic mass is 79.9. The number of benzene rings is 1. The van der Waals surface area contributed by atoms with E-state index in [9.17, 15) is 0 Å². The summed E-state index contributed by atoms with van der Waals surface area (Å²) in [4.78, 5) is 3.41. The first kappa shape index (κ1) is 15.1. The van der Waals surface area contributed by atoms with Crippen molar-refractivity contribution in [2.45, 2.75) is 11.8 Å². The van der Waals surface area contributed by atoms with Gasteiger partial charge in [0, 0.05) is 18.0 Å². The van der Waals surface area contributed by atoms with Crippen LogP contribution in [0.1, 0.15) is 6.92 Å². The number of ether oxygens (including phenoxy) is 2. The zero-order chi connectivity index (χ0) is 13.7. The van der Waals surface area contributed by atoms with Gasteiger partial charge in [0.05, 0.1) is 30.0 Å². The van der Waals surface area contributed by atoms with E-state index < -0.39 is 0 Å². The van der Waals surface area contributed by atoms with Crippen molar-refractivity contribution in [3.8, 4) is 0 Å². The van der Waals surface area contributed by atoms with E-state index in [0.29, 0.717) is 11.0 Å². The van der Waals surface area contributed by atoms with E-state index in [0.717, 1.165) is 35.7 Å². The molecule has 1 heterocycles. The molecule has 0 amide bonds. The second-order valence-corrected chi connectivity index (χ2v) is 6.41. The van der Waals surface area contributed by atoms with Crippen LogP contribution in [0.3, 0.4) is 0 Å². The van der Waals surface area contributed by atoms with E-state index in [4.69, 9.17) is 21.7 Å². The van der Waals surface area contributed by atoms with Gasteiger partial charge in [0.25, 0.3) is 0 Å². The average molecular weight is 362 g/mol. The lowest BCUT2D eigenvalue weighted by atomic mass is 10.2. The van der Waals surface area contributed by atoms with Crippen LogP contribution in [0, 0.1) is 0 Å². The van der Waals surface area contributed by atoms with Crippen LogP contribution in [0.4, 0.5) is 5.69 Å². The third kappa shape index (κ3) is 4.08. The molecule has 1 aromatic rings. The van der Waals surface area contributed by atoms with Gasteiger partial charge in [-0.15, -0.1) is 0 Å². The highest BCUT2D eigenvalue weighted by Crippen LogP contribution is 2.36. The summed E-state index contributed by atoms with van der Waals surface area (Å²) in [7, 11) is 0. The minimum atomic E-state index is 0.558. The number of nitrogens with zero attached hydrogens (tertiary/aromatic N) is 1. The Balaban J connectivity index is 2.15. The number of thiocarbonyl (C=S) groups is 1. The molecule has 0 unspecified atom stereocenters. The van der Waals surface area contributed by atoms with Gasteiger partial charge in [-0.25, -0.2) is 0 Å². The van der Waals surface area contributed by atoms with Crippen molar-refractivity contribution in [3.05, 3.63) is 22.7 Å². The molecule has 0 aromatic heterocycles. The molecule has 0 atom stereocenters. The predicted molar refractivity (Wildman–Crippen MR) is 87.3 cm³/mol. The molecule has 0 N–H and O–H groups in total. The van der Waals surface area contributed by atoms with Crippen LogP contribution in [-0.2, 0) is 9.47 Å². The van der Waals surface area contributed by atoms with Crippen LogP contribution in [0.2, 0.25) is 0 Å². The van der Waals surface area contributed by atoms with Crippen molar-refractivity contribution in [1.29, 1.82) is 0 Å². The molecule has 0 saturated carbocycles. The Kier molecular flexibility index (Phi) is 5.94. The molecule has 0 radical (unpaired) electrons. The van der Waals surface area contributed by atoms with Gasteiger partial charge in [-0.3, -0.25) is 0 Å². The van der Waals surface area contributed by atoms with Crippen LogP contribution in [0.25, 0.3) is 0 Å². The molecule has 2 rings (SSSR count). The fourth-order valence-electron chi connectivity index (χ4n) is 1.86. The van der Waals surface area contributed by atoms with Gasteiger partial charge in [-0.2, -0.15) is 0 Å². The number of thioether (sulfide) groups is 1. The first-order valence-corrected chi connectivity index (χ1v) is 8.20. The third-order valence-electron chi connectivity index (χ3n) is 2.75. The monoisotopic (exact) mass is 361 g/mol. The lowest BCUT2D eigenvalue weighted by Crippen LogP contribution is -2.36. The van der Waals surface area contributed by atoms with Crippen LogP contribution < -0.4 is 4.90 Å². The molecule has 0 bridgehead atoms. The molecule has 1 saturated heterocycles. The minimum Gasteiger partial charge on any atom is -0.479 e. The molecule has 1 aromatic carbocycles. The second kappa shape index (κ2) is 7.47. The second-order valence-electron chi connectivity index (χ2n) is 3.97. The van der Waals surface area contributed by atoms with Crippen molar-refractivity contribution in [3.63, 3.8) is 0 Å². The maximum Gasteiger partial charge on any atom is 0.224 e. The Hall–Kier alpha value is -0.300. The fraction of sp³-hybridized carbons (Fsp3) is 0.462. The number of anilines is 1. The van der Waals surface area contributed by atoms with Gasteiger partial charge < -0.3 is 14.4 Å². The average Bonchev–Trinajstić information content (AvgIpc) is 2.42. The topological polar surface area (TPSA) is 21.7 Å². The molecule has 1 fully saturated rings. The van der Waals surface area contributed by atoms with E-state index in [1.807, 2.05) is 19.1 Å². The first-order chi connectivity index (χ1) is 9.22. The van der Waals surface area contributed by atoms with Crippen LogP contribution in [0.15, 0.2) is 27.6 Å². The van der Waals surface area contributed by atoms with Gasteiger partial charge in [0.1, 0.15) is 0 Å². The summed E-state index contributed by atoms with van der Waals surface area (Å²) >= 11 is 10.3. The van der Waals surface area contributed by atoms with Crippen molar-refractivity contribution >= 4 is 50.0 Å². The highest BCUT2D eigenvalue weighted by molar-refractivity contribution is 9.10. The third-order valence-corrected chi connectivity index (χ3v) is 5.06. The first-order valence-electron chi connectivity index (χ1n) is 6.18. The summed E-state index contributed by atoms with van der Waals surface area (Å²) in [6.45, 7) is 5.94. The van der Waals surface area contributed by atoms with Gasteiger partial charge in [0.15, 0.2) is 0 Å². The summed E-state index contributed by atoms with van der Waals surface area (Å²) in [5.41, 5.74) is 1.19. The van der Waals surface area contributed by atoms with Gasteiger partial charge in [-0.1, -0.05) is 6.07 Å². The summed E-state index contributed by atoms with van der Waals surface area (Å²) < 4.78 is 12.3. The highest BCUT2D eigenvalue weighted by Gasteiger charge is 2.16. The fourth-order valence-corrected chi connectivity index (χ4v) is 3.71. The normalized spacial score (nSPS) is 15.4. The van der Waals surface area contributed by atoms with E-state index in [1.165, 1.54) is 17.4 Å². The van der Waals surface area contributed by atoms with Gasteiger partial charge >= 0.3 is 0 Å². The Morgan fingerprint density at radius 1 is 1.47 bits per heavy atom. The zero-order valence-electron chi connectivity index (χ0n) is 10.7. The lowest BCUT2D eigenvalue weighted by molar-refractivity contribution is 0.122. The molecule has 1 aliphatic heterocycles. The van der Waals surface area contributed by atoms with Gasteiger partial charge in [-0.05, 0) is 59.0 Å². The van der Waals surface area contributed by atoms with E-state index >= 15 is 0 Å². The maximum absolute atomic E-state index is 5.38. The van der Waals surface area contributed by atoms with Crippen LogP contribution in [0.5, 0.6) is 0 Å². The van der Waals surface area contributed by atoms with E-state index in [1.54, 1.807) is 0 Å². The number of hydrogen-bond acceptors (Lipinski definition) is 5. The SMILES string of the molecule is CCOC(=S)Sc1cccc(N2CCOCC2)c1Br. The zero-order valence-corrected chi connectivity index (χ0v) is 13.9. The number of halogens is 1. The van der Waals surface area contributed by atoms with Crippen molar-refractivity contribution in [2.75, 3.05) is 37.8 Å². The molecule has 1 aliphatic rings. The summed E-state index contributed by atoms with van der Waals surface area (Å²) in [5, 5.41) is 0. The van der Waals surface area contributed by atoms with Gasteiger partial charge in [0.2, 0.25) is 4.38 Å². The largest absolute Gasteiger partial charge is 0.479 e. The van der Waals surface area contributed by atoms with Crippen molar-refractivity contribution < 1.29 is 9.47 Å².